The molecule has 0 aromatic carbocycles. The van der Waals surface area contributed by atoms with Crippen LogP contribution in [-0.2, 0) is 4.74 Å². The summed E-state index contributed by atoms with van der Waals surface area (Å²) >= 11 is 0. The maximum Gasteiger partial charge on any atom is 0.148 e. The fourth-order valence-electron chi connectivity index (χ4n) is 1.89. The Labute approximate surface area is 109 Å². The van der Waals surface area contributed by atoms with Gasteiger partial charge in [-0.3, -0.25) is 0 Å². The Morgan fingerprint density at radius 3 is 2.83 bits per heavy atom. The molecule has 0 aliphatic heterocycles. The number of nitrogens with one attached hydrogen (secondary N) is 1. The maximum atomic E-state index is 6.03. The first kappa shape index (κ1) is 13.2. The zero-order valence-corrected chi connectivity index (χ0v) is 11.6. The van der Waals surface area contributed by atoms with E-state index in [1.165, 1.54) is 12.8 Å². The topological polar surface area (TPSA) is 65.1 Å². The maximum absolute atomic E-state index is 6.03. The van der Waals surface area contributed by atoms with Crippen molar-refractivity contribution in [2.75, 3.05) is 30.8 Å². The van der Waals surface area contributed by atoms with Crippen molar-refractivity contribution in [3.05, 3.63) is 5.69 Å². The van der Waals surface area contributed by atoms with Crippen molar-refractivity contribution in [3.63, 3.8) is 0 Å². The van der Waals surface area contributed by atoms with Gasteiger partial charge in [0.05, 0.1) is 18.0 Å². The first-order chi connectivity index (χ1) is 8.59. The van der Waals surface area contributed by atoms with Crippen LogP contribution in [0, 0.1) is 12.8 Å². The summed E-state index contributed by atoms with van der Waals surface area (Å²) in [4.78, 5) is 0. The molecule has 1 aromatic rings. The number of nitrogens with two attached hydrogens (primary N) is 1. The van der Waals surface area contributed by atoms with Gasteiger partial charge in [-0.1, -0.05) is 0 Å². The van der Waals surface area contributed by atoms with E-state index >= 15 is 0 Å². The van der Waals surface area contributed by atoms with Crippen molar-refractivity contribution >= 4 is 11.5 Å². The van der Waals surface area contributed by atoms with Crippen LogP contribution in [0.4, 0.5) is 11.5 Å². The van der Waals surface area contributed by atoms with Crippen molar-refractivity contribution < 1.29 is 4.74 Å². The molecule has 1 aliphatic carbocycles. The first-order valence-electron chi connectivity index (χ1n) is 6.75. The molecule has 0 radical (unpaired) electrons. The summed E-state index contributed by atoms with van der Waals surface area (Å²) in [5.41, 5.74) is 7.65. The summed E-state index contributed by atoms with van der Waals surface area (Å²) in [6.07, 6.45) is 2.67. The Bertz CT molecular complexity index is 396. The van der Waals surface area contributed by atoms with Gasteiger partial charge in [-0.05, 0) is 39.5 Å². The van der Waals surface area contributed by atoms with Crippen LogP contribution in [0.15, 0.2) is 0 Å². The van der Waals surface area contributed by atoms with Gasteiger partial charge in [0.25, 0.3) is 0 Å². The van der Waals surface area contributed by atoms with Crippen LogP contribution in [0.2, 0.25) is 0 Å². The summed E-state index contributed by atoms with van der Waals surface area (Å²) in [5, 5.41) is 7.76. The molecule has 0 spiro atoms. The molecule has 1 saturated carbocycles. The summed E-state index contributed by atoms with van der Waals surface area (Å²) in [7, 11) is 0. The first-order valence-corrected chi connectivity index (χ1v) is 6.75. The smallest absolute Gasteiger partial charge is 0.148 e. The second-order valence-electron chi connectivity index (χ2n) is 5.33. The molecule has 1 aromatic heterocycles. The predicted octanol–water partition coefficient (Wildman–Crippen LogP) is 2.19. The van der Waals surface area contributed by atoms with Crippen molar-refractivity contribution in [1.82, 2.24) is 9.78 Å². The number of hydrogen-bond acceptors (Lipinski definition) is 4. The van der Waals surface area contributed by atoms with Gasteiger partial charge in [0, 0.05) is 19.2 Å². The number of ether oxygens (including phenoxy) is 1. The van der Waals surface area contributed by atoms with Crippen LogP contribution in [0.5, 0.6) is 0 Å². The van der Waals surface area contributed by atoms with E-state index in [1.54, 1.807) is 0 Å². The zero-order valence-electron chi connectivity index (χ0n) is 11.6. The molecule has 0 amide bonds. The molecule has 5 nitrogen and oxygen atoms in total. The Morgan fingerprint density at radius 1 is 1.50 bits per heavy atom. The summed E-state index contributed by atoms with van der Waals surface area (Å²) < 4.78 is 7.53. The molecule has 0 saturated heterocycles. The number of anilines is 2. The minimum atomic E-state index is 0.302. The van der Waals surface area contributed by atoms with Crippen molar-refractivity contribution in [2.24, 2.45) is 5.92 Å². The molecule has 18 heavy (non-hydrogen) atoms. The highest BCUT2D eigenvalue weighted by Gasteiger charge is 2.21. The average Bonchev–Trinajstić information content (AvgIpc) is 3.09. The molecule has 3 N–H and O–H groups in total. The Kier molecular flexibility index (Phi) is 4.11. The summed E-state index contributed by atoms with van der Waals surface area (Å²) in [5.74, 6) is 1.73. The minimum Gasteiger partial charge on any atom is -0.394 e. The molecule has 5 heteroatoms. The van der Waals surface area contributed by atoms with Gasteiger partial charge in [0.1, 0.15) is 5.82 Å². The average molecular weight is 252 g/mol. The quantitative estimate of drug-likeness (QED) is 0.730. The lowest BCUT2D eigenvalue weighted by Crippen LogP contribution is -2.15. The van der Waals surface area contributed by atoms with Crippen molar-refractivity contribution in [2.45, 2.75) is 39.7 Å². The minimum absolute atomic E-state index is 0.302. The van der Waals surface area contributed by atoms with Gasteiger partial charge in [-0.25, -0.2) is 4.68 Å². The standard InChI is InChI=1S/C13H24N4O/c1-9(2)17-13(12(14)10(3)16-17)15-6-7-18-8-11-4-5-11/h9,11,15H,4-8,14H2,1-3H3. The SMILES string of the molecule is Cc1nn(C(C)C)c(NCCOCC2CC2)c1N. The fraction of sp³-hybridized carbons (Fsp3) is 0.769. The van der Waals surface area contributed by atoms with E-state index in [9.17, 15) is 0 Å². The highest BCUT2D eigenvalue weighted by molar-refractivity contribution is 5.64. The molecule has 1 aliphatic rings. The lowest BCUT2D eigenvalue weighted by molar-refractivity contribution is 0.133. The van der Waals surface area contributed by atoms with Gasteiger partial charge in [-0.2, -0.15) is 5.10 Å². The molecular weight excluding hydrogens is 228 g/mol. The lowest BCUT2D eigenvalue weighted by atomic mass is 10.3. The Hall–Kier alpha value is -1.23. The Morgan fingerprint density at radius 2 is 2.22 bits per heavy atom. The van der Waals surface area contributed by atoms with Gasteiger partial charge < -0.3 is 15.8 Å². The zero-order chi connectivity index (χ0) is 13.1. The van der Waals surface area contributed by atoms with E-state index in [2.05, 4.69) is 24.3 Å². The van der Waals surface area contributed by atoms with Crippen LogP contribution in [-0.4, -0.2) is 29.5 Å². The number of hydrogen-bond donors (Lipinski definition) is 2. The van der Waals surface area contributed by atoms with Crippen molar-refractivity contribution in [3.8, 4) is 0 Å². The number of nitrogens with zero attached hydrogens (tertiary/aromatic N) is 2. The van der Waals surface area contributed by atoms with Gasteiger partial charge in [0.15, 0.2) is 0 Å². The van der Waals surface area contributed by atoms with E-state index in [0.717, 1.165) is 42.9 Å². The van der Waals surface area contributed by atoms with E-state index < -0.39 is 0 Å². The van der Waals surface area contributed by atoms with Crippen molar-refractivity contribution in [1.29, 1.82) is 0 Å². The highest BCUT2D eigenvalue weighted by Crippen LogP contribution is 2.28. The van der Waals surface area contributed by atoms with E-state index in [4.69, 9.17) is 10.5 Å². The largest absolute Gasteiger partial charge is 0.394 e. The molecule has 0 unspecified atom stereocenters. The van der Waals surface area contributed by atoms with Gasteiger partial charge in [0.2, 0.25) is 0 Å². The van der Waals surface area contributed by atoms with Crippen LogP contribution >= 0.6 is 0 Å². The number of rotatable bonds is 7. The van der Waals surface area contributed by atoms with E-state index in [0.29, 0.717) is 6.04 Å². The monoisotopic (exact) mass is 252 g/mol. The summed E-state index contributed by atoms with van der Waals surface area (Å²) in [6.45, 7) is 8.52. The second-order valence-corrected chi connectivity index (χ2v) is 5.33. The number of aryl methyl sites for hydroxylation is 1. The molecule has 0 bridgehead atoms. The van der Waals surface area contributed by atoms with Gasteiger partial charge >= 0.3 is 0 Å². The second kappa shape index (κ2) is 5.61. The van der Waals surface area contributed by atoms with Crippen LogP contribution < -0.4 is 11.1 Å². The number of aromatic nitrogens is 2. The van der Waals surface area contributed by atoms with Crippen LogP contribution in [0.3, 0.4) is 0 Å². The molecule has 1 fully saturated rings. The Balaban J connectivity index is 1.82. The molecular formula is C13H24N4O. The normalized spacial score (nSPS) is 15.3. The third-order valence-electron chi connectivity index (χ3n) is 3.21. The highest BCUT2D eigenvalue weighted by atomic mass is 16.5. The fourth-order valence-corrected chi connectivity index (χ4v) is 1.89. The molecule has 0 atom stereocenters. The molecule has 102 valence electrons. The molecule has 1 heterocycles. The third kappa shape index (κ3) is 3.16. The third-order valence-corrected chi connectivity index (χ3v) is 3.21. The number of nitrogen functional groups attached to an aromatic ring is 1. The predicted molar refractivity (Wildman–Crippen MR) is 73.8 cm³/mol. The lowest BCUT2D eigenvalue weighted by Gasteiger charge is -2.13. The summed E-state index contributed by atoms with van der Waals surface area (Å²) in [6, 6.07) is 0.302. The van der Waals surface area contributed by atoms with E-state index in [-0.39, 0.29) is 0 Å². The van der Waals surface area contributed by atoms with Crippen LogP contribution in [0.25, 0.3) is 0 Å². The van der Waals surface area contributed by atoms with Crippen LogP contribution in [0.1, 0.15) is 38.4 Å². The van der Waals surface area contributed by atoms with Gasteiger partial charge in [-0.15, -0.1) is 0 Å². The van der Waals surface area contributed by atoms with E-state index in [1.807, 2.05) is 11.6 Å². The molecule has 2 rings (SSSR count).